The molecule has 1 saturated heterocycles. The number of alkyl halides is 3. The molecule has 5 rings (SSSR count). The van der Waals surface area contributed by atoms with Crippen LogP contribution >= 0.6 is 0 Å². The van der Waals surface area contributed by atoms with Crippen LogP contribution in [0.1, 0.15) is 30.0 Å². The first-order valence-electron chi connectivity index (χ1n) is 12.5. The smallest absolute Gasteiger partial charge is 0.417 e. The maximum Gasteiger partial charge on any atom is 0.417 e. The van der Waals surface area contributed by atoms with Gasteiger partial charge in [-0.05, 0) is 54.3 Å². The number of ether oxygens (including phenoxy) is 2. The highest BCUT2D eigenvalue weighted by Gasteiger charge is 2.40. The van der Waals surface area contributed by atoms with E-state index in [-0.39, 0.29) is 35.8 Å². The molecule has 0 bridgehead atoms. The van der Waals surface area contributed by atoms with Gasteiger partial charge in [0, 0.05) is 25.2 Å². The van der Waals surface area contributed by atoms with Gasteiger partial charge in [0.25, 0.3) is 0 Å². The highest BCUT2D eigenvalue weighted by molar-refractivity contribution is 5.75. The number of carboxylic acid groups (broad SMARTS) is 1. The van der Waals surface area contributed by atoms with E-state index in [9.17, 15) is 27.5 Å². The lowest BCUT2D eigenvalue weighted by molar-refractivity contribution is -0.147. The molecule has 9 heteroatoms. The summed E-state index contributed by atoms with van der Waals surface area (Å²) in [6, 6.07) is 15.1. The number of carboxylic acids is 1. The molecule has 5 nitrogen and oxygen atoms in total. The van der Waals surface area contributed by atoms with Gasteiger partial charge in [0.1, 0.15) is 30.5 Å². The van der Waals surface area contributed by atoms with Gasteiger partial charge >= 0.3 is 12.1 Å². The van der Waals surface area contributed by atoms with Crippen molar-refractivity contribution < 1.29 is 36.9 Å². The van der Waals surface area contributed by atoms with Crippen molar-refractivity contribution in [2.24, 2.45) is 5.41 Å². The van der Waals surface area contributed by atoms with E-state index in [0.717, 1.165) is 11.6 Å². The lowest BCUT2D eigenvalue weighted by Gasteiger charge is -2.24. The fraction of sp³-hybridized carbons (Fsp3) is 0.300. The summed E-state index contributed by atoms with van der Waals surface area (Å²) in [5.74, 6) is -0.988. The average molecular weight is 542 g/mol. The van der Waals surface area contributed by atoms with E-state index in [1.807, 2.05) is 4.90 Å². The Hall–Kier alpha value is -3.85. The molecule has 1 N–H and O–H groups in total. The molecule has 0 amide bonds. The van der Waals surface area contributed by atoms with Gasteiger partial charge in [-0.3, -0.25) is 9.69 Å². The van der Waals surface area contributed by atoms with Crippen molar-refractivity contribution in [3.63, 3.8) is 0 Å². The molecule has 204 valence electrons. The quantitative estimate of drug-likeness (QED) is 0.339. The van der Waals surface area contributed by atoms with Crippen LogP contribution in [0.3, 0.4) is 0 Å². The normalized spacial score (nSPS) is 19.3. The van der Waals surface area contributed by atoms with Crippen molar-refractivity contribution in [3.8, 4) is 22.6 Å². The Morgan fingerprint density at radius 2 is 1.90 bits per heavy atom. The summed E-state index contributed by atoms with van der Waals surface area (Å²) in [6.45, 7) is 3.26. The zero-order valence-electron chi connectivity index (χ0n) is 21.2. The fourth-order valence-corrected chi connectivity index (χ4v) is 5.02. The molecule has 0 aliphatic carbocycles. The summed E-state index contributed by atoms with van der Waals surface area (Å²) >= 11 is 0. The molecule has 3 aromatic rings. The number of carbonyl (C=O) groups is 1. The Bertz CT molecular complexity index is 1420. The number of hydrogen-bond acceptors (Lipinski definition) is 4. The molecule has 39 heavy (non-hydrogen) atoms. The van der Waals surface area contributed by atoms with Crippen LogP contribution in [0.2, 0.25) is 0 Å². The second kappa shape index (κ2) is 10.4. The molecule has 1 unspecified atom stereocenters. The molecule has 2 heterocycles. The van der Waals surface area contributed by atoms with E-state index in [0.29, 0.717) is 37.2 Å². The Morgan fingerprint density at radius 1 is 1.13 bits per heavy atom. The van der Waals surface area contributed by atoms with Gasteiger partial charge in [-0.15, -0.1) is 0 Å². The van der Waals surface area contributed by atoms with Crippen molar-refractivity contribution in [2.45, 2.75) is 26.1 Å². The molecular formula is C30H27F4NO4. The number of halogens is 4. The molecular weight excluding hydrogens is 514 g/mol. The molecule has 2 aliphatic rings. The van der Waals surface area contributed by atoms with Crippen molar-refractivity contribution in [1.29, 1.82) is 0 Å². The van der Waals surface area contributed by atoms with Crippen molar-refractivity contribution in [3.05, 3.63) is 88.7 Å². The van der Waals surface area contributed by atoms with Crippen molar-refractivity contribution >= 4 is 12.0 Å². The van der Waals surface area contributed by atoms with Gasteiger partial charge in [0.05, 0.1) is 16.5 Å². The Balaban J connectivity index is 1.29. The fourth-order valence-electron chi connectivity index (χ4n) is 5.02. The van der Waals surface area contributed by atoms with Crippen LogP contribution in [0.25, 0.3) is 17.2 Å². The standard InChI is InChI=1S/C30H27F4NO4/c1-29(28(36)37)9-10-35(18-29)15-20-11-24-26(31)13-22(14-27(24)39-17-20)38-16-19-7-8-23(21-5-3-2-4-6-21)25(12-19)30(32,33)34/h2-8,11-14H,9-10,15-18H2,1H3,(H,36,37). The summed E-state index contributed by atoms with van der Waals surface area (Å²) in [5, 5.41) is 9.44. The topological polar surface area (TPSA) is 59.0 Å². The predicted octanol–water partition coefficient (Wildman–Crippen LogP) is 6.66. The first-order valence-corrected chi connectivity index (χ1v) is 12.5. The molecule has 2 aliphatic heterocycles. The number of rotatable bonds is 7. The third kappa shape index (κ3) is 5.78. The zero-order chi connectivity index (χ0) is 27.8. The molecule has 1 atom stereocenters. The summed E-state index contributed by atoms with van der Waals surface area (Å²) < 4.78 is 67.8. The molecule has 0 aromatic heterocycles. The second-order valence-corrected chi connectivity index (χ2v) is 10.3. The van der Waals surface area contributed by atoms with E-state index >= 15 is 0 Å². The number of fused-ring (bicyclic) bond motifs is 1. The first-order chi connectivity index (χ1) is 18.5. The molecule has 1 fully saturated rings. The molecule has 0 radical (unpaired) electrons. The van der Waals surface area contributed by atoms with Crippen LogP contribution in [0.15, 0.2) is 66.2 Å². The highest BCUT2D eigenvalue weighted by atomic mass is 19.4. The minimum atomic E-state index is -4.56. The SMILES string of the molecule is CC1(C(=O)O)CCN(CC2=Cc3c(F)cc(OCc4ccc(-c5ccccc5)c(C(F)(F)F)c4)cc3OC2)C1. The average Bonchev–Trinajstić information content (AvgIpc) is 3.29. The summed E-state index contributed by atoms with van der Waals surface area (Å²) in [6.07, 6.45) is -2.31. The van der Waals surface area contributed by atoms with Gasteiger partial charge < -0.3 is 14.6 Å². The van der Waals surface area contributed by atoms with Crippen LogP contribution in [-0.2, 0) is 17.6 Å². The third-order valence-electron chi connectivity index (χ3n) is 7.20. The van der Waals surface area contributed by atoms with Gasteiger partial charge in [0.2, 0.25) is 0 Å². The van der Waals surface area contributed by atoms with Crippen LogP contribution < -0.4 is 9.47 Å². The van der Waals surface area contributed by atoms with Crippen molar-refractivity contribution in [1.82, 2.24) is 4.90 Å². The highest BCUT2D eigenvalue weighted by Crippen LogP contribution is 2.39. The maximum absolute atomic E-state index is 15.0. The number of hydrogen-bond donors (Lipinski definition) is 1. The van der Waals surface area contributed by atoms with E-state index in [4.69, 9.17) is 9.47 Å². The molecule has 0 saturated carbocycles. The zero-order valence-corrected chi connectivity index (χ0v) is 21.2. The minimum Gasteiger partial charge on any atom is -0.489 e. The summed E-state index contributed by atoms with van der Waals surface area (Å²) in [7, 11) is 0. The van der Waals surface area contributed by atoms with Gasteiger partial charge in [-0.25, -0.2) is 4.39 Å². The summed E-state index contributed by atoms with van der Waals surface area (Å²) in [5.41, 5.74) is 0.340. The second-order valence-electron chi connectivity index (χ2n) is 10.3. The first kappa shape index (κ1) is 26.7. The van der Waals surface area contributed by atoms with Gasteiger partial charge in [0.15, 0.2) is 0 Å². The van der Waals surface area contributed by atoms with Crippen LogP contribution in [0, 0.1) is 11.2 Å². The van der Waals surface area contributed by atoms with Crippen LogP contribution in [0.5, 0.6) is 11.5 Å². The van der Waals surface area contributed by atoms with Gasteiger partial charge in [-0.1, -0.05) is 42.5 Å². The Kier molecular flexibility index (Phi) is 7.11. The van der Waals surface area contributed by atoms with Gasteiger partial charge in [-0.2, -0.15) is 13.2 Å². The van der Waals surface area contributed by atoms with E-state index < -0.39 is 28.9 Å². The predicted molar refractivity (Wildman–Crippen MR) is 138 cm³/mol. The number of likely N-dealkylation sites (tertiary alicyclic amines) is 1. The van der Waals surface area contributed by atoms with Crippen LogP contribution in [0.4, 0.5) is 17.6 Å². The Morgan fingerprint density at radius 3 is 2.59 bits per heavy atom. The number of nitrogens with zero attached hydrogens (tertiary/aromatic N) is 1. The lowest BCUT2D eigenvalue weighted by Crippen LogP contribution is -2.33. The third-order valence-corrected chi connectivity index (χ3v) is 7.20. The van der Waals surface area contributed by atoms with E-state index in [2.05, 4.69) is 0 Å². The maximum atomic E-state index is 15.0. The van der Waals surface area contributed by atoms with Crippen molar-refractivity contribution in [2.75, 3.05) is 26.2 Å². The lowest BCUT2D eigenvalue weighted by atomic mass is 9.90. The largest absolute Gasteiger partial charge is 0.489 e. The number of benzene rings is 3. The molecule has 3 aromatic carbocycles. The monoisotopic (exact) mass is 541 g/mol. The van der Waals surface area contributed by atoms with E-state index in [1.54, 1.807) is 49.4 Å². The number of aliphatic carboxylic acids is 1. The van der Waals surface area contributed by atoms with E-state index in [1.165, 1.54) is 18.2 Å². The minimum absolute atomic E-state index is 0.0733. The molecule has 0 spiro atoms. The summed E-state index contributed by atoms with van der Waals surface area (Å²) in [4.78, 5) is 13.5. The van der Waals surface area contributed by atoms with Crippen LogP contribution in [-0.4, -0.2) is 42.2 Å². The Labute approximate surface area is 223 Å².